The third kappa shape index (κ3) is 6.73. The summed E-state index contributed by atoms with van der Waals surface area (Å²) in [6, 6.07) is 12.9. The van der Waals surface area contributed by atoms with E-state index in [9.17, 15) is 45.2 Å². The van der Waals surface area contributed by atoms with Gasteiger partial charge in [-0.1, -0.05) is 36.4 Å². The zero-order valence-corrected chi connectivity index (χ0v) is 22.9. The van der Waals surface area contributed by atoms with Crippen LogP contribution < -0.4 is 15.5 Å². The Bertz CT molecular complexity index is 1420. The van der Waals surface area contributed by atoms with Crippen LogP contribution in [0.25, 0.3) is 5.57 Å². The first-order valence-corrected chi connectivity index (χ1v) is 14.6. The molecular weight excluding hydrogens is 589 g/mol. The molecule has 2 aromatic rings. The van der Waals surface area contributed by atoms with Crippen molar-refractivity contribution < 1.29 is 49.9 Å². The van der Waals surface area contributed by atoms with Crippen LogP contribution in [0.5, 0.6) is 5.75 Å². The van der Waals surface area contributed by atoms with Gasteiger partial charge < -0.3 is 9.64 Å². The minimum Gasteiger partial charge on any atom is -0.426 e. The number of sulfone groups is 1. The third-order valence-corrected chi connectivity index (χ3v) is 9.58. The molecule has 4 rings (SSSR count). The Balaban J connectivity index is 1.43. The van der Waals surface area contributed by atoms with Gasteiger partial charge in [0.2, 0.25) is 0 Å². The van der Waals surface area contributed by atoms with Crippen LogP contribution in [-0.2, 0) is 14.6 Å². The lowest BCUT2D eigenvalue weighted by Crippen LogP contribution is -2.54. The molecule has 3 N–H and O–H groups in total. The fraction of sp³-hybridized carbons (Fsp3) is 0.407. The predicted molar refractivity (Wildman–Crippen MR) is 140 cm³/mol. The topological polar surface area (TPSA) is 125 Å². The van der Waals surface area contributed by atoms with Gasteiger partial charge in [0, 0.05) is 31.6 Å². The number of hydrogen-bond acceptors (Lipinski definition) is 7. The van der Waals surface area contributed by atoms with Crippen molar-refractivity contribution in [2.45, 2.75) is 36.9 Å². The van der Waals surface area contributed by atoms with Crippen LogP contribution >= 0.6 is 0 Å². The highest BCUT2D eigenvalue weighted by Gasteiger charge is 2.61. The number of carbonyl (C=O) groups is 2. The second-order valence-electron chi connectivity index (χ2n) is 10.2. The number of alkyl halides is 5. The van der Waals surface area contributed by atoms with Gasteiger partial charge in [-0.05, 0) is 48.2 Å². The number of nitrogens with zero attached hydrogens (tertiary/aromatic N) is 1. The average Bonchev–Trinajstić information content (AvgIpc) is 2.96. The van der Waals surface area contributed by atoms with E-state index < -0.39 is 56.2 Å². The Morgan fingerprint density at radius 2 is 1.64 bits per heavy atom. The van der Waals surface area contributed by atoms with Crippen LogP contribution in [0.3, 0.4) is 0 Å². The Hall–Kier alpha value is -3.56. The van der Waals surface area contributed by atoms with Gasteiger partial charge in [0.1, 0.15) is 11.1 Å². The van der Waals surface area contributed by atoms with Crippen LogP contribution in [0.1, 0.15) is 35.2 Å². The van der Waals surface area contributed by atoms with Gasteiger partial charge >= 0.3 is 12.3 Å². The normalized spacial score (nSPS) is 19.5. The lowest BCUT2D eigenvalue weighted by atomic mass is 9.79. The highest BCUT2D eigenvalue weighted by Crippen LogP contribution is 2.38. The largest absolute Gasteiger partial charge is 0.499 e. The molecule has 9 nitrogen and oxygen atoms in total. The Morgan fingerprint density at radius 3 is 2.21 bits per heavy atom. The molecule has 2 heterocycles. The summed E-state index contributed by atoms with van der Waals surface area (Å²) in [6.45, 7) is 0.131. The lowest BCUT2D eigenvalue weighted by molar-refractivity contribution is -0.360. The second kappa shape index (κ2) is 12.0. The van der Waals surface area contributed by atoms with E-state index in [0.717, 1.165) is 35.4 Å². The first kappa shape index (κ1) is 31.4. The molecule has 1 unspecified atom stereocenters. The number of piperidine rings is 1. The Kier molecular flexibility index (Phi) is 8.94. The summed E-state index contributed by atoms with van der Waals surface area (Å²) >= 11 is 0. The van der Waals surface area contributed by atoms with Crippen molar-refractivity contribution in [1.82, 2.24) is 15.7 Å². The summed E-state index contributed by atoms with van der Waals surface area (Å²) in [5.41, 5.74) is 1.68. The fourth-order valence-electron chi connectivity index (χ4n) is 5.04. The number of carbonyl (C=O) groups excluding carboxylic acids is 2. The number of amides is 2. The molecule has 1 fully saturated rings. The van der Waals surface area contributed by atoms with Crippen LogP contribution in [0, 0.1) is 5.41 Å². The maximum Gasteiger partial charge on any atom is 0.499 e. The minimum atomic E-state index is -5.93. The van der Waals surface area contributed by atoms with Gasteiger partial charge in [-0.3, -0.25) is 20.1 Å². The molecule has 2 amide bonds. The number of nitrogens with one attached hydrogen (secondary N) is 2. The zero-order chi connectivity index (χ0) is 30.8. The summed E-state index contributed by atoms with van der Waals surface area (Å²) in [5.74, 6) is -2.91. The fourth-order valence-corrected chi connectivity index (χ4v) is 7.22. The summed E-state index contributed by atoms with van der Waals surface area (Å²) in [5, 5.41) is 11.4. The molecule has 0 bridgehead atoms. The standard InChI is InChI=1S/C27H28F5N3O6S/c28-26(29,30)27(31,32)41-21-8-6-19(7-9-21)23(36)35-14-11-25(12-15-35,24(37)34-38)17-42(39,40)22-16-20(10-13-33-22)18-4-2-1-3-5-18/h1-10,22,33,38H,11-17H2,(H,34,37). The van der Waals surface area contributed by atoms with E-state index in [0.29, 0.717) is 6.54 Å². The number of ether oxygens (including phenoxy) is 1. The number of likely N-dealkylation sites (tertiary alicyclic amines) is 1. The summed E-state index contributed by atoms with van der Waals surface area (Å²) in [7, 11) is -3.94. The smallest absolute Gasteiger partial charge is 0.426 e. The summed E-state index contributed by atoms with van der Waals surface area (Å²) in [6.07, 6.45) is -9.52. The first-order valence-electron chi connectivity index (χ1n) is 12.8. The Morgan fingerprint density at radius 1 is 1.02 bits per heavy atom. The molecule has 0 aliphatic carbocycles. The van der Waals surface area contributed by atoms with E-state index in [4.69, 9.17) is 0 Å². The molecule has 228 valence electrons. The van der Waals surface area contributed by atoms with Gasteiger partial charge in [0.25, 0.3) is 11.8 Å². The maximum absolute atomic E-state index is 13.5. The van der Waals surface area contributed by atoms with Gasteiger partial charge in [-0.15, -0.1) is 0 Å². The number of hydrogen-bond donors (Lipinski definition) is 3. The van der Waals surface area contributed by atoms with Gasteiger partial charge in [-0.2, -0.15) is 22.0 Å². The van der Waals surface area contributed by atoms with Crippen molar-refractivity contribution in [2.75, 3.05) is 25.4 Å². The van der Waals surface area contributed by atoms with E-state index in [2.05, 4.69) is 10.1 Å². The average molecular weight is 618 g/mol. The van der Waals surface area contributed by atoms with Gasteiger partial charge in [0.15, 0.2) is 9.84 Å². The lowest BCUT2D eigenvalue weighted by Gasteiger charge is -2.40. The van der Waals surface area contributed by atoms with Crippen LogP contribution in [-0.4, -0.2) is 73.4 Å². The van der Waals surface area contributed by atoms with Crippen molar-refractivity contribution in [3.05, 3.63) is 71.8 Å². The SMILES string of the molecule is O=C(c1ccc(OC(F)(F)C(F)(F)F)cc1)N1CCC(CS(=O)(=O)C2CC(c3ccccc3)=CCN2)(C(=O)NO)CC1. The van der Waals surface area contributed by atoms with Crippen LogP contribution in [0.4, 0.5) is 22.0 Å². The first-order chi connectivity index (χ1) is 19.7. The quantitative estimate of drug-likeness (QED) is 0.234. The molecule has 0 spiro atoms. The summed E-state index contributed by atoms with van der Waals surface area (Å²) in [4.78, 5) is 27.1. The molecule has 2 aromatic carbocycles. The van der Waals surface area contributed by atoms with E-state index in [1.807, 2.05) is 36.4 Å². The van der Waals surface area contributed by atoms with E-state index in [1.54, 1.807) is 5.48 Å². The number of rotatable bonds is 8. The molecular formula is C27H28F5N3O6S. The highest BCUT2D eigenvalue weighted by molar-refractivity contribution is 7.92. The van der Waals surface area contributed by atoms with Crippen molar-refractivity contribution in [3.63, 3.8) is 0 Å². The second-order valence-corrected chi connectivity index (χ2v) is 12.3. The van der Waals surface area contributed by atoms with E-state index in [1.165, 1.54) is 4.90 Å². The van der Waals surface area contributed by atoms with Crippen LogP contribution in [0.15, 0.2) is 60.7 Å². The molecule has 0 aromatic heterocycles. The molecule has 42 heavy (non-hydrogen) atoms. The predicted octanol–water partition coefficient (Wildman–Crippen LogP) is 3.77. The van der Waals surface area contributed by atoms with Crippen molar-refractivity contribution >= 4 is 27.2 Å². The van der Waals surface area contributed by atoms with Crippen molar-refractivity contribution in [1.29, 1.82) is 0 Å². The van der Waals surface area contributed by atoms with Gasteiger partial charge in [-0.25, -0.2) is 13.9 Å². The monoisotopic (exact) mass is 617 g/mol. The number of hydroxylamine groups is 1. The van der Waals surface area contributed by atoms with Crippen LogP contribution in [0.2, 0.25) is 0 Å². The molecule has 2 aliphatic rings. The summed E-state index contributed by atoms with van der Waals surface area (Å²) < 4.78 is 94.2. The molecule has 1 atom stereocenters. The molecule has 15 heteroatoms. The van der Waals surface area contributed by atoms with E-state index >= 15 is 0 Å². The van der Waals surface area contributed by atoms with Gasteiger partial charge in [0.05, 0.1) is 11.2 Å². The minimum absolute atomic E-state index is 0.0453. The highest BCUT2D eigenvalue weighted by atomic mass is 32.2. The zero-order valence-electron chi connectivity index (χ0n) is 22.0. The Labute approximate surface area is 238 Å². The third-order valence-electron chi connectivity index (χ3n) is 7.42. The number of benzene rings is 2. The molecule has 0 saturated carbocycles. The van der Waals surface area contributed by atoms with Crippen molar-refractivity contribution in [3.8, 4) is 5.75 Å². The molecule has 0 radical (unpaired) electrons. The molecule has 1 saturated heterocycles. The molecule has 2 aliphatic heterocycles. The van der Waals surface area contributed by atoms with Crippen molar-refractivity contribution in [2.24, 2.45) is 5.41 Å². The number of halogens is 5. The maximum atomic E-state index is 13.5. The van der Waals surface area contributed by atoms with E-state index in [-0.39, 0.29) is 37.9 Å².